The minimum absolute atomic E-state index is 0.183. The van der Waals surface area contributed by atoms with E-state index in [1.807, 2.05) is 12.1 Å². The summed E-state index contributed by atoms with van der Waals surface area (Å²) < 4.78 is 21.5. The molecule has 0 heterocycles. The topological polar surface area (TPSA) is 67.8 Å². The third-order valence-electron chi connectivity index (χ3n) is 2.45. The lowest BCUT2D eigenvalue weighted by atomic mass is 10.3. The summed E-state index contributed by atoms with van der Waals surface area (Å²) in [5, 5.41) is 12.8. The number of methoxy groups -OCH3 is 1. The molecule has 2 unspecified atom stereocenters. The van der Waals surface area contributed by atoms with Gasteiger partial charge in [0.2, 0.25) is 0 Å². The highest BCUT2D eigenvalue weighted by Crippen LogP contribution is 2.25. The van der Waals surface area contributed by atoms with Crippen molar-refractivity contribution in [1.29, 1.82) is 0 Å². The van der Waals surface area contributed by atoms with Gasteiger partial charge >= 0.3 is 0 Å². The molecule has 2 atom stereocenters. The Balaban J connectivity index is 2.26. The Morgan fingerprint density at radius 2 is 2.05 bits per heavy atom. The molecule has 0 aliphatic heterocycles. The molecule has 108 valence electrons. The van der Waals surface area contributed by atoms with E-state index in [9.17, 15) is 9.32 Å². The molecule has 2 N–H and O–H groups in total. The summed E-state index contributed by atoms with van der Waals surface area (Å²) in [7, 11) is 0.764. The summed E-state index contributed by atoms with van der Waals surface area (Å²) in [6.45, 7) is 1.21. The van der Waals surface area contributed by atoms with Crippen LogP contribution in [0.5, 0.6) is 11.5 Å². The minimum Gasteiger partial charge on any atom is -0.493 e. The lowest BCUT2D eigenvalue weighted by Gasteiger charge is -2.14. The van der Waals surface area contributed by atoms with Gasteiger partial charge in [-0.2, -0.15) is 0 Å². The van der Waals surface area contributed by atoms with Crippen LogP contribution in [0.2, 0.25) is 0 Å². The summed E-state index contributed by atoms with van der Waals surface area (Å²) in [4.78, 5) is 0. The van der Waals surface area contributed by atoms with Gasteiger partial charge in [0.05, 0.1) is 7.11 Å². The molecule has 0 bridgehead atoms. The molecule has 0 aliphatic rings. The molecule has 5 nitrogen and oxygen atoms in total. The van der Waals surface area contributed by atoms with Gasteiger partial charge in [0.1, 0.15) is 12.7 Å². The van der Waals surface area contributed by atoms with E-state index in [1.54, 1.807) is 25.5 Å². The van der Waals surface area contributed by atoms with Crippen LogP contribution < -0.4 is 14.8 Å². The highest BCUT2D eigenvalue weighted by molar-refractivity contribution is 7.84. The number of hydrogen-bond donors (Lipinski definition) is 2. The average Bonchev–Trinajstić information content (AvgIpc) is 2.41. The molecule has 0 fully saturated rings. The lowest BCUT2D eigenvalue weighted by molar-refractivity contribution is 0.105. The molecule has 0 spiro atoms. The first kappa shape index (κ1) is 15.9. The van der Waals surface area contributed by atoms with Gasteiger partial charge in [0, 0.05) is 35.9 Å². The highest BCUT2D eigenvalue weighted by Gasteiger charge is 2.07. The molecule has 0 aromatic heterocycles. The molecule has 0 saturated carbocycles. The first-order chi connectivity index (χ1) is 9.13. The highest BCUT2D eigenvalue weighted by atomic mass is 32.2. The second kappa shape index (κ2) is 8.90. The Kier molecular flexibility index (Phi) is 7.47. The summed E-state index contributed by atoms with van der Waals surface area (Å²) in [6, 6.07) is 7.29. The average molecular weight is 287 g/mol. The van der Waals surface area contributed by atoms with Gasteiger partial charge in [0.15, 0.2) is 11.5 Å². The number of rotatable bonds is 9. The number of benzene rings is 1. The third-order valence-corrected chi connectivity index (χ3v) is 3.23. The minimum atomic E-state index is -0.810. The fourth-order valence-corrected chi connectivity index (χ4v) is 1.90. The molecule has 0 radical (unpaired) electrons. The number of aliphatic hydroxyl groups is 1. The maximum absolute atomic E-state index is 10.8. The largest absolute Gasteiger partial charge is 0.493 e. The molecule has 1 aromatic carbocycles. The van der Waals surface area contributed by atoms with Crippen molar-refractivity contribution < 1.29 is 18.8 Å². The van der Waals surface area contributed by atoms with Gasteiger partial charge in [-0.25, -0.2) is 0 Å². The van der Waals surface area contributed by atoms with E-state index < -0.39 is 16.9 Å². The van der Waals surface area contributed by atoms with Gasteiger partial charge in [-0.15, -0.1) is 0 Å². The maximum atomic E-state index is 10.8. The van der Waals surface area contributed by atoms with Crippen LogP contribution in [0.4, 0.5) is 0 Å². The molecular formula is C13H21NO4S. The fraction of sp³-hybridized carbons (Fsp3) is 0.538. The first-order valence-corrected chi connectivity index (χ1v) is 7.81. The van der Waals surface area contributed by atoms with E-state index in [1.165, 1.54) is 0 Å². The molecule has 6 heteroatoms. The number of hydrogen-bond acceptors (Lipinski definition) is 5. The molecule has 1 rings (SSSR count). The second-order valence-corrected chi connectivity index (χ2v) is 5.65. The van der Waals surface area contributed by atoms with Crippen molar-refractivity contribution in [1.82, 2.24) is 5.32 Å². The van der Waals surface area contributed by atoms with E-state index in [0.717, 1.165) is 0 Å². The fourth-order valence-electron chi connectivity index (χ4n) is 1.47. The van der Waals surface area contributed by atoms with Crippen LogP contribution in [0.1, 0.15) is 0 Å². The predicted octanol–water partition coefficient (Wildman–Crippen LogP) is 0.403. The van der Waals surface area contributed by atoms with Crippen LogP contribution >= 0.6 is 0 Å². The summed E-state index contributed by atoms with van der Waals surface area (Å²) in [5.41, 5.74) is 0. The van der Waals surface area contributed by atoms with Crippen molar-refractivity contribution in [2.45, 2.75) is 6.10 Å². The van der Waals surface area contributed by atoms with E-state index in [0.29, 0.717) is 30.3 Å². The van der Waals surface area contributed by atoms with Gasteiger partial charge < -0.3 is 19.9 Å². The van der Waals surface area contributed by atoms with Gasteiger partial charge in [-0.1, -0.05) is 12.1 Å². The van der Waals surface area contributed by atoms with E-state index in [4.69, 9.17) is 9.47 Å². The zero-order chi connectivity index (χ0) is 14.1. The monoisotopic (exact) mass is 287 g/mol. The molecule has 19 heavy (non-hydrogen) atoms. The van der Waals surface area contributed by atoms with Gasteiger partial charge in [0.25, 0.3) is 0 Å². The zero-order valence-electron chi connectivity index (χ0n) is 11.3. The van der Waals surface area contributed by atoms with Crippen LogP contribution in [-0.4, -0.2) is 54.2 Å². The normalized spacial score (nSPS) is 13.8. The van der Waals surface area contributed by atoms with Crippen LogP contribution in [0, 0.1) is 0 Å². The van der Waals surface area contributed by atoms with Crippen molar-refractivity contribution in [2.24, 2.45) is 0 Å². The lowest BCUT2D eigenvalue weighted by Crippen LogP contribution is -2.33. The number of aliphatic hydroxyl groups excluding tert-OH is 1. The SMILES string of the molecule is COc1ccccc1OCC(O)CNCCS(C)=O. The number of nitrogens with one attached hydrogen (secondary N) is 1. The molecule has 0 saturated heterocycles. The van der Waals surface area contributed by atoms with Crippen molar-refractivity contribution in [3.8, 4) is 11.5 Å². The van der Waals surface area contributed by atoms with Crippen molar-refractivity contribution in [2.75, 3.05) is 38.8 Å². The van der Waals surface area contributed by atoms with E-state index >= 15 is 0 Å². The maximum Gasteiger partial charge on any atom is 0.161 e. The Morgan fingerprint density at radius 1 is 1.37 bits per heavy atom. The number of ether oxygens (including phenoxy) is 2. The van der Waals surface area contributed by atoms with E-state index in [2.05, 4.69) is 5.32 Å². The molecule has 0 aliphatic carbocycles. The molecule has 1 aromatic rings. The second-order valence-electron chi connectivity index (χ2n) is 4.10. The summed E-state index contributed by atoms with van der Waals surface area (Å²) >= 11 is 0. The smallest absolute Gasteiger partial charge is 0.161 e. The van der Waals surface area contributed by atoms with Crippen LogP contribution in [0.25, 0.3) is 0 Å². The zero-order valence-corrected chi connectivity index (χ0v) is 12.1. The van der Waals surface area contributed by atoms with Crippen molar-refractivity contribution >= 4 is 10.8 Å². The molecule has 0 amide bonds. The predicted molar refractivity (Wildman–Crippen MR) is 76.3 cm³/mol. The van der Waals surface area contributed by atoms with Crippen molar-refractivity contribution in [3.05, 3.63) is 24.3 Å². The Hall–Kier alpha value is -1.11. The third kappa shape index (κ3) is 6.56. The van der Waals surface area contributed by atoms with Crippen LogP contribution in [0.15, 0.2) is 24.3 Å². The van der Waals surface area contributed by atoms with Crippen LogP contribution in [-0.2, 0) is 10.8 Å². The number of para-hydroxylation sites is 2. The Labute approximate surface area is 116 Å². The van der Waals surface area contributed by atoms with Crippen LogP contribution in [0.3, 0.4) is 0 Å². The Bertz CT molecular complexity index is 400. The van der Waals surface area contributed by atoms with E-state index in [-0.39, 0.29) is 6.61 Å². The van der Waals surface area contributed by atoms with Gasteiger partial charge in [-0.05, 0) is 12.1 Å². The first-order valence-electron chi connectivity index (χ1n) is 6.08. The summed E-state index contributed by atoms with van der Waals surface area (Å²) in [5.74, 6) is 1.84. The molecular weight excluding hydrogens is 266 g/mol. The van der Waals surface area contributed by atoms with Gasteiger partial charge in [-0.3, -0.25) is 4.21 Å². The summed E-state index contributed by atoms with van der Waals surface area (Å²) in [6.07, 6.45) is 1.04. The van der Waals surface area contributed by atoms with Crippen molar-refractivity contribution in [3.63, 3.8) is 0 Å². The quantitative estimate of drug-likeness (QED) is 0.644. The standard InChI is InChI=1S/C13H21NO4S/c1-17-12-5-3-4-6-13(12)18-10-11(15)9-14-7-8-19(2)16/h3-6,11,14-15H,7-10H2,1-2H3. The Morgan fingerprint density at radius 3 is 2.68 bits per heavy atom.